The normalized spacial score (nSPS) is 10.7. The molecule has 9 heteroatoms. The molecule has 3 aromatic carbocycles. The lowest BCUT2D eigenvalue weighted by Crippen LogP contribution is -2.23. The van der Waals surface area contributed by atoms with E-state index in [1.807, 2.05) is 36.4 Å². The first kappa shape index (κ1) is 24.4. The Morgan fingerprint density at radius 1 is 0.943 bits per heavy atom. The van der Waals surface area contributed by atoms with Gasteiger partial charge in [0.1, 0.15) is 5.69 Å². The summed E-state index contributed by atoms with van der Waals surface area (Å²) in [6, 6.07) is 23.1. The van der Waals surface area contributed by atoms with Gasteiger partial charge in [0, 0.05) is 28.2 Å². The number of thioether (sulfide) groups is 1. The van der Waals surface area contributed by atoms with Crippen molar-refractivity contribution in [3.05, 3.63) is 105 Å². The van der Waals surface area contributed by atoms with Crippen LogP contribution in [-0.4, -0.2) is 26.9 Å². The molecule has 2 amide bonds. The van der Waals surface area contributed by atoms with Gasteiger partial charge in [-0.25, -0.2) is 4.68 Å². The van der Waals surface area contributed by atoms with Crippen molar-refractivity contribution in [1.29, 1.82) is 0 Å². The van der Waals surface area contributed by atoms with Gasteiger partial charge in [0.25, 0.3) is 11.5 Å². The van der Waals surface area contributed by atoms with Gasteiger partial charge < -0.3 is 10.6 Å². The van der Waals surface area contributed by atoms with E-state index in [1.54, 1.807) is 61.1 Å². The number of para-hydroxylation sites is 1. The van der Waals surface area contributed by atoms with E-state index in [0.717, 1.165) is 10.6 Å². The zero-order chi connectivity index (χ0) is 24.9. The maximum absolute atomic E-state index is 13.0. The lowest BCUT2D eigenvalue weighted by molar-refractivity contribution is -0.113. The molecule has 0 saturated heterocycles. The van der Waals surface area contributed by atoms with Crippen molar-refractivity contribution in [2.24, 2.45) is 7.05 Å². The SMILES string of the molecule is Cc1c(NC(=O)CSc2cccc(NC(=O)c3cccc(Cl)c3)c2)c(=O)n(-c2ccccc2)n1C. The first-order chi connectivity index (χ1) is 16.8. The highest BCUT2D eigenvalue weighted by atomic mass is 35.5. The molecular weight excluding hydrogens is 484 g/mol. The van der Waals surface area contributed by atoms with Crippen molar-refractivity contribution in [2.45, 2.75) is 11.8 Å². The van der Waals surface area contributed by atoms with E-state index >= 15 is 0 Å². The van der Waals surface area contributed by atoms with Crippen LogP contribution in [0.4, 0.5) is 11.4 Å². The van der Waals surface area contributed by atoms with Gasteiger partial charge >= 0.3 is 0 Å². The Morgan fingerprint density at radius 2 is 1.69 bits per heavy atom. The van der Waals surface area contributed by atoms with Crippen LogP contribution >= 0.6 is 23.4 Å². The molecule has 0 aliphatic carbocycles. The van der Waals surface area contributed by atoms with Gasteiger partial charge in [0.15, 0.2) is 0 Å². The molecule has 35 heavy (non-hydrogen) atoms. The number of nitrogens with one attached hydrogen (secondary N) is 2. The molecule has 7 nitrogen and oxygen atoms in total. The third-order valence-corrected chi connectivity index (χ3v) is 6.60. The number of amides is 2. The van der Waals surface area contributed by atoms with Gasteiger partial charge in [0.05, 0.1) is 17.1 Å². The van der Waals surface area contributed by atoms with E-state index in [9.17, 15) is 14.4 Å². The predicted molar refractivity (Wildman–Crippen MR) is 141 cm³/mol. The summed E-state index contributed by atoms with van der Waals surface area (Å²) in [6.07, 6.45) is 0. The summed E-state index contributed by atoms with van der Waals surface area (Å²) >= 11 is 7.27. The van der Waals surface area contributed by atoms with E-state index < -0.39 is 0 Å². The molecule has 0 aliphatic heterocycles. The first-order valence-electron chi connectivity index (χ1n) is 10.8. The highest BCUT2D eigenvalue weighted by molar-refractivity contribution is 8.00. The average Bonchev–Trinajstić information content (AvgIpc) is 3.06. The maximum atomic E-state index is 13.0. The number of halogens is 1. The van der Waals surface area contributed by atoms with Crippen molar-refractivity contribution in [1.82, 2.24) is 9.36 Å². The van der Waals surface area contributed by atoms with Crippen LogP contribution in [0.2, 0.25) is 5.02 Å². The number of benzene rings is 3. The summed E-state index contributed by atoms with van der Waals surface area (Å²) in [5, 5.41) is 6.08. The van der Waals surface area contributed by atoms with Crippen LogP contribution in [0.25, 0.3) is 5.69 Å². The number of carbonyl (C=O) groups excluding carboxylic acids is 2. The van der Waals surface area contributed by atoms with Crippen LogP contribution < -0.4 is 16.2 Å². The maximum Gasteiger partial charge on any atom is 0.295 e. The quantitative estimate of drug-likeness (QED) is 0.341. The second kappa shape index (κ2) is 10.7. The molecule has 1 heterocycles. The molecule has 178 valence electrons. The minimum absolute atomic E-state index is 0.102. The minimum Gasteiger partial charge on any atom is -0.322 e. The number of carbonyl (C=O) groups is 2. The average molecular weight is 507 g/mol. The smallest absolute Gasteiger partial charge is 0.295 e. The number of hydrogen-bond donors (Lipinski definition) is 2. The van der Waals surface area contributed by atoms with E-state index in [1.165, 1.54) is 16.4 Å². The molecule has 0 radical (unpaired) electrons. The lowest BCUT2D eigenvalue weighted by atomic mass is 10.2. The monoisotopic (exact) mass is 506 g/mol. The molecular formula is C26H23ClN4O3S. The standard InChI is InChI=1S/C26H23ClN4O3S/c1-17-24(26(34)31(30(17)2)21-11-4-3-5-12-21)29-23(32)16-35-22-13-7-10-20(15-22)28-25(33)18-8-6-9-19(27)14-18/h3-15H,16H2,1-2H3,(H,28,33)(H,29,32). The van der Waals surface area contributed by atoms with E-state index in [2.05, 4.69) is 10.6 Å². The van der Waals surface area contributed by atoms with E-state index in [0.29, 0.717) is 22.0 Å². The number of hydrogen-bond acceptors (Lipinski definition) is 4. The van der Waals surface area contributed by atoms with Crippen LogP contribution in [0.5, 0.6) is 0 Å². The Hall–Kier alpha value is -3.75. The molecule has 0 bridgehead atoms. The molecule has 4 rings (SSSR count). The van der Waals surface area contributed by atoms with Gasteiger partial charge in [-0.2, -0.15) is 0 Å². The molecule has 0 atom stereocenters. The summed E-state index contributed by atoms with van der Waals surface area (Å²) in [6.45, 7) is 1.79. The Morgan fingerprint density at radius 3 is 2.43 bits per heavy atom. The molecule has 1 aromatic heterocycles. The second-order valence-corrected chi connectivity index (χ2v) is 9.25. The van der Waals surface area contributed by atoms with Crippen molar-refractivity contribution in [3.8, 4) is 5.69 Å². The Bertz CT molecular complexity index is 1450. The highest BCUT2D eigenvalue weighted by Crippen LogP contribution is 2.23. The van der Waals surface area contributed by atoms with Crippen LogP contribution in [0.3, 0.4) is 0 Å². The third kappa shape index (κ3) is 5.67. The molecule has 0 unspecified atom stereocenters. The van der Waals surface area contributed by atoms with Crippen molar-refractivity contribution in [3.63, 3.8) is 0 Å². The fourth-order valence-electron chi connectivity index (χ4n) is 3.53. The molecule has 4 aromatic rings. The van der Waals surface area contributed by atoms with Gasteiger partial charge in [-0.05, 0) is 55.5 Å². The van der Waals surface area contributed by atoms with Crippen LogP contribution in [0.1, 0.15) is 16.1 Å². The summed E-state index contributed by atoms with van der Waals surface area (Å²) < 4.78 is 3.23. The zero-order valence-electron chi connectivity index (χ0n) is 19.1. The van der Waals surface area contributed by atoms with Crippen molar-refractivity contribution >= 4 is 46.6 Å². The van der Waals surface area contributed by atoms with Crippen LogP contribution in [0.15, 0.2) is 88.6 Å². The van der Waals surface area contributed by atoms with Gasteiger partial charge in [-0.1, -0.05) is 41.9 Å². The Balaban J connectivity index is 1.41. The number of nitrogens with zero attached hydrogens (tertiary/aromatic N) is 2. The molecule has 0 fully saturated rings. The van der Waals surface area contributed by atoms with Crippen LogP contribution in [-0.2, 0) is 11.8 Å². The van der Waals surface area contributed by atoms with E-state index in [4.69, 9.17) is 11.6 Å². The lowest BCUT2D eigenvalue weighted by Gasteiger charge is -2.08. The fraction of sp³-hybridized carbons (Fsp3) is 0.115. The van der Waals surface area contributed by atoms with E-state index in [-0.39, 0.29) is 28.8 Å². The first-order valence-corrected chi connectivity index (χ1v) is 12.1. The summed E-state index contributed by atoms with van der Waals surface area (Å²) in [5.74, 6) is -0.471. The summed E-state index contributed by atoms with van der Waals surface area (Å²) in [7, 11) is 1.78. The number of rotatable bonds is 7. The summed E-state index contributed by atoms with van der Waals surface area (Å²) in [4.78, 5) is 38.9. The second-order valence-electron chi connectivity index (χ2n) is 7.77. The minimum atomic E-state index is -0.297. The van der Waals surface area contributed by atoms with Gasteiger partial charge in [-0.3, -0.25) is 19.1 Å². The van der Waals surface area contributed by atoms with Crippen molar-refractivity contribution < 1.29 is 9.59 Å². The van der Waals surface area contributed by atoms with Gasteiger partial charge in [-0.15, -0.1) is 11.8 Å². The van der Waals surface area contributed by atoms with Crippen molar-refractivity contribution in [2.75, 3.05) is 16.4 Å². The molecule has 2 N–H and O–H groups in total. The Kier molecular flexibility index (Phi) is 7.43. The molecule has 0 aliphatic rings. The molecule has 0 saturated carbocycles. The largest absolute Gasteiger partial charge is 0.322 e. The number of anilines is 2. The highest BCUT2D eigenvalue weighted by Gasteiger charge is 2.18. The summed E-state index contributed by atoms with van der Waals surface area (Å²) in [5.41, 5.74) is 2.39. The zero-order valence-corrected chi connectivity index (χ0v) is 20.7. The number of aromatic nitrogens is 2. The van der Waals surface area contributed by atoms with Crippen LogP contribution in [0, 0.1) is 6.92 Å². The predicted octanol–water partition coefficient (Wildman–Crippen LogP) is 5.12. The topological polar surface area (TPSA) is 85.1 Å². The Labute approximate surface area is 211 Å². The molecule has 0 spiro atoms. The van der Waals surface area contributed by atoms with Gasteiger partial charge in [0.2, 0.25) is 5.91 Å². The fourth-order valence-corrected chi connectivity index (χ4v) is 4.48. The third-order valence-electron chi connectivity index (χ3n) is 5.37.